The first-order valence-electron chi connectivity index (χ1n) is 8.22. The molecule has 0 fully saturated rings. The van der Waals surface area contributed by atoms with Crippen molar-refractivity contribution >= 4 is 29.8 Å². The average molecular weight is 364 g/mol. The summed E-state index contributed by atoms with van der Waals surface area (Å²) in [5.41, 5.74) is 11.5. The van der Waals surface area contributed by atoms with Crippen molar-refractivity contribution in [2.45, 2.75) is 37.8 Å². The van der Waals surface area contributed by atoms with Gasteiger partial charge < -0.3 is 27.2 Å². The van der Waals surface area contributed by atoms with E-state index in [1.165, 1.54) is 12.1 Å². The van der Waals surface area contributed by atoms with Crippen molar-refractivity contribution in [1.29, 1.82) is 0 Å². The predicted molar refractivity (Wildman–Crippen MR) is 95.5 cm³/mol. The number of carboxylic acids is 1. The highest BCUT2D eigenvalue weighted by Gasteiger charge is 2.26. The van der Waals surface area contributed by atoms with Crippen molar-refractivity contribution in [1.82, 2.24) is 5.32 Å². The number of amides is 2. The van der Waals surface area contributed by atoms with Crippen LogP contribution in [0.15, 0.2) is 24.3 Å². The Bertz CT molecular complexity index is 650. The first kappa shape index (κ1) is 21.3. The summed E-state index contributed by atoms with van der Waals surface area (Å²) in [7, 11) is 0. The lowest BCUT2D eigenvalue weighted by molar-refractivity contribution is -0.141. The van der Waals surface area contributed by atoms with Gasteiger partial charge in [0.25, 0.3) is 0 Å². The Labute approximate surface area is 151 Å². The van der Waals surface area contributed by atoms with Gasteiger partial charge in [-0.05, 0) is 31.5 Å². The molecule has 0 aliphatic heterocycles. The van der Waals surface area contributed by atoms with Crippen molar-refractivity contribution in [3.63, 3.8) is 0 Å². The number of carbonyl (C=O) groups excluding carboxylic acids is 3. The molecule has 1 aromatic rings. The van der Waals surface area contributed by atoms with Crippen LogP contribution >= 0.6 is 0 Å². The molecule has 2 unspecified atom stereocenters. The number of benzene rings is 1. The zero-order chi connectivity index (χ0) is 19.5. The number of nitrogens with two attached hydrogens (primary N) is 2. The van der Waals surface area contributed by atoms with Crippen molar-refractivity contribution in [3.8, 4) is 0 Å². The van der Waals surface area contributed by atoms with Crippen LogP contribution in [0.25, 0.3) is 0 Å². The van der Waals surface area contributed by atoms with Crippen LogP contribution in [0.5, 0.6) is 0 Å². The molecular formula is C17H24N4O5. The van der Waals surface area contributed by atoms with E-state index in [2.05, 4.69) is 10.6 Å². The van der Waals surface area contributed by atoms with Crippen LogP contribution in [0.3, 0.4) is 0 Å². The minimum Gasteiger partial charge on any atom is -0.480 e. The van der Waals surface area contributed by atoms with E-state index in [-0.39, 0.29) is 11.3 Å². The molecule has 2 amide bonds. The fourth-order valence-electron chi connectivity index (χ4n) is 2.33. The molecule has 26 heavy (non-hydrogen) atoms. The third-order valence-corrected chi connectivity index (χ3v) is 3.75. The van der Waals surface area contributed by atoms with Gasteiger partial charge in [0.2, 0.25) is 12.3 Å². The number of nitrogens with one attached hydrogen (secondary N) is 2. The van der Waals surface area contributed by atoms with E-state index in [1.54, 1.807) is 12.1 Å². The van der Waals surface area contributed by atoms with Crippen LogP contribution in [0, 0.1) is 0 Å². The second-order valence-electron chi connectivity index (χ2n) is 5.73. The van der Waals surface area contributed by atoms with Crippen LogP contribution in [0.1, 0.15) is 36.0 Å². The van der Waals surface area contributed by atoms with Crippen LogP contribution < -0.4 is 22.1 Å². The molecule has 9 heteroatoms. The van der Waals surface area contributed by atoms with E-state index in [1.807, 2.05) is 0 Å². The highest BCUT2D eigenvalue weighted by atomic mass is 16.4. The van der Waals surface area contributed by atoms with Crippen LogP contribution in [0.4, 0.5) is 5.69 Å². The summed E-state index contributed by atoms with van der Waals surface area (Å²) in [6.45, 7) is 0.481. The Morgan fingerprint density at radius 2 is 1.88 bits per heavy atom. The highest BCUT2D eigenvalue weighted by Crippen LogP contribution is 2.17. The smallest absolute Gasteiger partial charge is 0.326 e. The van der Waals surface area contributed by atoms with Gasteiger partial charge in [-0.2, -0.15) is 0 Å². The Balaban J connectivity index is 2.76. The molecule has 7 N–H and O–H groups in total. The zero-order valence-electron chi connectivity index (χ0n) is 14.3. The standard InChI is InChI=1S/C17H24N4O5/c18-8-4-3-6-12(19)16(24)21-14(17(25)26)9-15(23)11-5-1-2-7-13(11)20-10-22/h1-2,5,7,10,12,14H,3-4,6,8-9,18-19H2,(H,20,22)(H,21,24)(H,25,26). The molecule has 0 radical (unpaired) electrons. The quantitative estimate of drug-likeness (QED) is 0.195. The Morgan fingerprint density at radius 3 is 2.50 bits per heavy atom. The number of ketones is 1. The summed E-state index contributed by atoms with van der Waals surface area (Å²) >= 11 is 0. The molecule has 0 aromatic heterocycles. The van der Waals surface area contributed by atoms with E-state index in [9.17, 15) is 24.3 Å². The number of unbranched alkanes of at least 4 members (excludes halogenated alkanes) is 1. The van der Waals surface area contributed by atoms with E-state index in [0.717, 1.165) is 0 Å². The highest BCUT2D eigenvalue weighted by molar-refractivity contribution is 6.04. The molecule has 0 aliphatic rings. The van der Waals surface area contributed by atoms with Crippen molar-refractivity contribution < 1.29 is 24.3 Å². The molecule has 0 saturated carbocycles. The van der Waals surface area contributed by atoms with Gasteiger partial charge in [0.05, 0.1) is 11.7 Å². The topological polar surface area (TPSA) is 165 Å². The molecule has 142 valence electrons. The van der Waals surface area contributed by atoms with E-state index in [4.69, 9.17) is 11.5 Å². The van der Waals surface area contributed by atoms with E-state index < -0.39 is 36.2 Å². The van der Waals surface area contributed by atoms with E-state index >= 15 is 0 Å². The van der Waals surface area contributed by atoms with Gasteiger partial charge in [0, 0.05) is 12.0 Å². The Morgan fingerprint density at radius 1 is 1.19 bits per heavy atom. The predicted octanol–water partition coefficient (Wildman–Crippen LogP) is -0.147. The minimum atomic E-state index is -1.42. The maximum absolute atomic E-state index is 12.4. The average Bonchev–Trinajstić information content (AvgIpc) is 2.61. The lowest BCUT2D eigenvalue weighted by Crippen LogP contribution is -2.49. The molecule has 2 atom stereocenters. The second-order valence-corrected chi connectivity index (χ2v) is 5.73. The van der Waals surface area contributed by atoms with Crippen molar-refractivity contribution in [2.24, 2.45) is 11.5 Å². The SMILES string of the molecule is NCCCCC(N)C(=O)NC(CC(=O)c1ccccc1NC=O)C(=O)O. The summed E-state index contributed by atoms with van der Waals surface area (Å²) in [6, 6.07) is 3.91. The number of hydrogen-bond acceptors (Lipinski definition) is 6. The van der Waals surface area contributed by atoms with Gasteiger partial charge in [-0.15, -0.1) is 0 Å². The lowest BCUT2D eigenvalue weighted by Gasteiger charge is -2.18. The normalized spacial score (nSPS) is 12.7. The number of para-hydroxylation sites is 1. The summed E-state index contributed by atoms with van der Waals surface area (Å²) < 4.78 is 0. The molecule has 1 rings (SSSR count). The van der Waals surface area contributed by atoms with Gasteiger partial charge in [0.15, 0.2) is 5.78 Å². The van der Waals surface area contributed by atoms with Gasteiger partial charge >= 0.3 is 5.97 Å². The number of carboxylic acid groups (broad SMARTS) is 1. The Hall–Kier alpha value is -2.78. The summed E-state index contributed by atoms with van der Waals surface area (Å²) in [5.74, 6) is -2.51. The summed E-state index contributed by atoms with van der Waals surface area (Å²) in [6.07, 6.45) is 1.68. The van der Waals surface area contributed by atoms with Crippen molar-refractivity contribution in [2.75, 3.05) is 11.9 Å². The molecular weight excluding hydrogens is 340 g/mol. The molecule has 0 spiro atoms. The van der Waals surface area contributed by atoms with Gasteiger partial charge in [0.1, 0.15) is 6.04 Å². The number of hydrogen-bond donors (Lipinski definition) is 5. The number of carbonyl (C=O) groups is 4. The van der Waals surface area contributed by atoms with Crippen LogP contribution in [-0.2, 0) is 14.4 Å². The molecule has 0 aliphatic carbocycles. The monoisotopic (exact) mass is 364 g/mol. The molecule has 1 aromatic carbocycles. The van der Waals surface area contributed by atoms with Crippen LogP contribution in [-0.4, -0.2) is 47.8 Å². The van der Waals surface area contributed by atoms with Crippen LogP contribution in [0.2, 0.25) is 0 Å². The van der Waals surface area contributed by atoms with E-state index in [0.29, 0.717) is 32.2 Å². The fraction of sp³-hybridized carbons (Fsp3) is 0.412. The Kier molecular flexibility index (Phi) is 8.96. The fourth-order valence-corrected chi connectivity index (χ4v) is 2.33. The minimum absolute atomic E-state index is 0.160. The zero-order valence-corrected chi connectivity index (χ0v) is 14.3. The number of anilines is 1. The maximum Gasteiger partial charge on any atom is 0.326 e. The third-order valence-electron chi connectivity index (χ3n) is 3.75. The van der Waals surface area contributed by atoms with Crippen molar-refractivity contribution in [3.05, 3.63) is 29.8 Å². The third kappa shape index (κ3) is 6.61. The number of Topliss-reactive ketones (excluding diaryl/α,β-unsaturated/α-hetero) is 1. The second kappa shape index (κ2) is 11.0. The maximum atomic E-state index is 12.4. The largest absolute Gasteiger partial charge is 0.480 e. The molecule has 0 saturated heterocycles. The molecule has 9 nitrogen and oxygen atoms in total. The van der Waals surface area contributed by atoms with Gasteiger partial charge in [-0.1, -0.05) is 18.6 Å². The lowest BCUT2D eigenvalue weighted by atomic mass is 10.0. The summed E-state index contributed by atoms with van der Waals surface area (Å²) in [5, 5.41) is 14.0. The first-order chi connectivity index (χ1) is 12.4. The molecule has 0 bridgehead atoms. The first-order valence-corrected chi connectivity index (χ1v) is 8.22. The van der Waals surface area contributed by atoms with Gasteiger partial charge in [-0.25, -0.2) is 4.79 Å². The van der Waals surface area contributed by atoms with Gasteiger partial charge in [-0.3, -0.25) is 14.4 Å². The number of rotatable bonds is 12. The summed E-state index contributed by atoms with van der Waals surface area (Å²) in [4.78, 5) is 46.5. The number of aliphatic carboxylic acids is 1. The molecule has 0 heterocycles.